The largest absolute Gasteiger partial charge is 0.353 e. The van der Waals surface area contributed by atoms with Crippen molar-refractivity contribution in [1.82, 2.24) is 15.1 Å². The van der Waals surface area contributed by atoms with E-state index < -0.39 is 6.04 Å². The zero-order chi connectivity index (χ0) is 18.6. The molecule has 26 heavy (non-hydrogen) atoms. The topological polar surface area (TPSA) is 35.6 Å². The molecule has 1 aliphatic heterocycles. The molecule has 0 radical (unpaired) electrons. The average Bonchev–Trinajstić information content (AvgIpc) is 3.13. The number of hydrogen-bond donors (Lipinski definition) is 1. The molecule has 1 aromatic rings. The van der Waals surface area contributed by atoms with Crippen molar-refractivity contribution in [3.05, 3.63) is 35.6 Å². The summed E-state index contributed by atoms with van der Waals surface area (Å²) in [7, 11) is 3.78. The van der Waals surface area contributed by atoms with Gasteiger partial charge in [-0.15, -0.1) is 0 Å². The maximum Gasteiger partial charge on any atom is 0.242 e. The molecule has 4 nitrogen and oxygen atoms in total. The van der Waals surface area contributed by atoms with Crippen LogP contribution in [0.15, 0.2) is 24.3 Å². The highest BCUT2D eigenvalue weighted by atomic mass is 19.1. The van der Waals surface area contributed by atoms with Crippen molar-refractivity contribution in [2.24, 2.45) is 0 Å². The Labute approximate surface area is 156 Å². The van der Waals surface area contributed by atoms with Crippen molar-refractivity contribution in [2.45, 2.75) is 56.5 Å². The van der Waals surface area contributed by atoms with Crippen molar-refractivity contribution < 1.29 is 9.18 Å². The van der Waals surface area contributed by atoms with E-state index >= 15 is 0 Å². The molecule has 1 aliphatic carbocycles. The Morgan fingerprint density at radius 1 is 1.12 bits per heavy atom. The summed E-state index contributed by atoms with van der Waals surface area (Å²) in [5, 5.41) is 3.24. The van der Waals surface area contributed by atoms with Gasteiger partial charge in [-0.05, 0) is 70.6 Å². The second-order valence-corrected chi connectivity index (χ2v) is 8.11. The van der Waals surface area contributed by atoms with Gasteiger partial charge in [0.2, 0.25) is 5.91 Å². The molecular weight excluding hydrogens is 329 g/mol. The van der Waals surface area contributed by atoms with Gasteiger partial charge in [-0.1, -0.05) is 31.4 Å². The van der Waals surface area contributed by atoms with Gasteiger partial charge in [0.25, 0.3) is 0 Å². The van der Waals surface area contributed by atoms with Gasteiger partial charge in [0.05, 0.1) is 0 Å². The minimum Gasteiger partial charge on any atom is -0.353 e. The van der Waals surface area contributed by atoms with Gasteiger partial charge in [0.15, 0.2) is 0 Å². The molecule has 1 aromatic carbocycles. The minimum atomic E-state index is -0.393. The Bertz CT molecular complexity index is 590. The first-order valence-corrected chi connectivity index (χ1v) is 9.96. The van der Waals surface area contributed by atoms with Crippen molar-refractivity contribution in [2.75, 3.05) is 33.7 Å². The van der Waals surface area contributed by atoms with Gasteiger partial charge in [-0.2, -0.15) is 0 Å². The average molecular weight is 362 g/mol. The summed E-state index contributed by atoms with van der Waals surface area (Å²) < 4.78 is 13.2. The number of amides is 1. The number of halogens is 1. The van der Waals surface area contributed by atoms with Crippen molar-refractivity contribution in [3.63, 3.8) is 0 Å². The predicted molar refractivity (Wildman–Crippen MR) is 102 cm³/mol. The van der Waals surface area contributed by atoms with Gasteiger partial charge in [-0.25, -0.2) is 4.39 Å². The lowest BCUT2D eigenvalue weighted by Gasteiger charge is -2.44. The molecule has 1 saturated heterocycles. The Morgan fingerprint density at radius 2 is 1.73 bits per heavy atom. The van der Waals surface area contributed by atoms with Crippen LogP contribution in [0.25, 0.3) is 0 Å². The summed E-state index contributed by atoms with van der Waals surface area (Å²) in [6.07, 6.45) is 8.72. The third kappa shape index (κ3) is 4.26. The normalized spacial score (nSPS) is 21.7. The summed E-state index contributed by atoms with van der Waals surface area (Å²) >= 11 is 0. The first kappa shape index (κ1) is 19.3. The Balaban J connectivity index is 1.69. The molecule has 0 aromatic heterocycles. The molecule has 2 fully saturated rings. The van der Waals surface area contributed by atoms with Crippen molar-refractivity contribution in [1.29, 1.82) is 0 Å². The fourth-order valence-corrected chi connectivity index (χ4v) is 4.68. The van der Waals surface area contributed by atoms with Crippen LogP contribution < -0.4 is 5.32 Å². The van der Waals surface area contributed by atoms with E-state index in [-0.39, 0.29) is 17.3 Å². The molecule has 0 spiro atoms. The number of carbonyl (C=O) groups excluding carboxylic acids is 1. The molecule has 0 bridgehead atoms. The molecular formula is C21H32FN3O. The number of likely N-dealkylation sites (tertiary alicyclic amines) is 1. The molecule has 144 valence electrons. The fourth-order valence-electron chi connectivity index (χ4n) is 4.68. The fraction of sp³-hybridized carbons (Fsp3) is 0.667. The van der Waals surface area contributed by atoms with Crippen LogP contribution in [0.4, 0.5) is 4.39 Å². The number of piperidine rings is 1. The standard InChI is InChI=1S/C21H32FN3O/c1-24(2)19(17-8-10-18(22)11-9-17)20(26)23-16-21(12-4-5-13-21)25-14-6-3-7-15-25/h8-11,19H,3-7,12-16H2,1-2H3,(H,23,26). The van der Waals surface area contributed by atoms with Crippen LogP contribution in [0.5, 0.6) is 0 Å². The SMILES string of the molecule is CN(C)C(C(=O)NCC1(N2CCCCC2)CCCC1)c1ccc(F)cc1. The predicted octanol–water partition coefficient (Wildman–Crippen LogP) is 3.34. The molecule has 1 unspecified atom stereocenters. The van der Waals surface area contributed by atoms with E-state index in [1.165, 1.54) is 57.1 Å². The van der Waals surface area contributed by atoms with Gasteiger partial charge in [0.1, 0.15) is 11.9 Å². The number of nitrogens with one attached hydrogen (secondary N) is 1. The lowest BCUT2D eigenvalue weighted by Crippen LogP contribution is -2.56. The van der Waals surface area contributed by atoms with E-state index in [9.17, 15) is 9.18 Å². The van der Waals surface area contributed by atoms with E-state index in [0.29, 0.717) is 0 Å². The summed E-state index contributed by atoms with van der Waals surface area (Å²) in [4.78, 5) is 17.5. The highest BCUT2D eigenvalue weighted by molar-refractivity contribution is 5.83. The van der Waals surface area contributed by atoms with E-state index in [0.717, 1.165) is 25.2 Å². The maximum absolute atomic E-state index is 13.2. The van der Waals surface area contributed by atoms with E-state index in [1.54, 1.807) is 12.1 Å². The Hall–Kier alpha value is -1.46. The van der Waals surface area contributed by atoms with Gasteiger partial charge in [-0.3, -0.25) is 14.6 Å². The van der Waals surface area contributed by atoms with Crippen LogP contribution in [0.2, 0.25) is 0 Å². The summed E-state index contributed by atoms with van der Waals surface area (Å²) in [6, 6.07) is 5.86. The molecule has 1 saturated carbocycles. The molecule has 1 atom stereocenters. The van der Waals surface area contributed by atoms with Gasteiger partial charge in [0, 0.05) is 12.1 Å². The Kier molecular flexibility index (Phi) is 6.30. The summed E-state index contributed by atoms with van der Waals surface area (Å²) in [5.74, 6) is -0.272. The Morgan fingerprint density at radius 3 is 2.31 bits per heavy atom. The second kappa shape index (κ2) is 8.49. The first-order chi connectivity index (χ1) is 12.5. The molecule has 1 N–H and O–H groups in total. The monoisotopic (exact) mass is 361 g/mol. The zero-order valence-electron chi connectivity index (χ0n) is 16.1. The molecule has 1 amide bonds. The third-order valence-electron chi connectivity index (χ3n) is 6.10. The van der Waals surface area contributed by atoms with Crippen molar-refractivity contribution in [3.8, 4) is 0 Å². The minimum absolute atomic E-state index is 0.00453. The van der Waals surface area contributed by atoms with E-state index in [2.05, 4.69) is 10.2 Å². The maximum atomic E-state index is 13.2. The summed E-state index contributed by atoms with van der Waals surface area (Å²) in [5.41, 5.74) is 0.961. The van der Waals surface area contributed by atoms with Gasteiger partial charge < -0.3 is 5.32 Å². The number of hydrogen-bond acceptors (Lipinski definition) is 3. The van der Waals surface area contributed by atoms with E-state index in [1.807, 2.05) is 19.0 Å². The highest BCUT2D eigenvalue weighted by Gasteiger charge is 2.40. The third-order valence-corrected chi connectivity index (χ3v) is 6.10. The zero-order valence-corrected chi connectivity index (χ0v) is 16.1. The smallest absolute Gasteiger partial charge is 0.242 e. The summed E-state index contributed by atoms with van der Waals surface area (Å²) in [6.45, 7) is 3.03. The number of benzene rings is 1. The van der Waals surface area contributed by atoms with Gasteiger partial charge >= 0.3 is 0 Å². The molecule has 2 aliphatic rings. The lowest BCUT2D eigenvalue weighted by molar-refractivity contribution is -0.126. The molecule has 1 heterocycles. The number of likely N-dealkylation sites (N-methyl/N-ethyl adjacent to an activating group) is 1. The van der Waals surface area contributed by atoms with Crippen LogP contribution >= 0.6 is 0 Å². The number of carbonyl (C=O) groups is 1. The van der Waals surface area contributed by atoms with Crippen molar-refractivity contribution >= 4 is 5.91 Å². The van der Waals surface area contributed by atoms with Crippen LogP contribution in [0.3, 0.4) is 0 Å². The molecule has 5 heteroatoms. The quantitative estimate of drug-likeness (QED) is 0.844. The number of rotatable bonds is 6. The molecule has 3 rings (SSSR count). The van der Waals surface area contributed by atoms with Crippen LogP contribution in [0, 0.1) is 5.82 Å². The number of nitrogens with zero attached hydrogens (tertiary/aromatic N) is 2. The van der Waals surface area contributed by atoms with Crippen LogP contribution in [-0.4, -0.2) is 55.0 Å². The second-order valence-electron chi connectivity index (χ2n) is 8.11. The van der Waals surface area contributed by atoms with E-state index in [4.69, 9.17) is 0 Å². The highest BCUT2D eigenvalue weighted by Crippen LogP contribution is 2.36. The first-order valence-electron chi connectivity index (χ1n) is 9.96. The van der Waals surface area contributed by atoms with Crippen LogP contribution in [0.1, 0.15) is 56.6 Å². The lowest BCUT2D eigenvalue weighted by atomic mass is 9.91. The van der Waals surface area contributed by atoms with Crippen LogP contribution in [-0.2, 0) is 4.79 Å².